The summed E-state index contributed by atoms with van der Waals surface area (Å²) in [7, 11) is 0. The number of amides is 2. The highest BCUT2D eigenvalue weighted by atomic mass is 32.2. The van der Waals surface area contributed by atoms with Gasteiger partial charge in [-0.05, 0) is 30.7 Å². The molecule has 1 aliphatic rings. The molecular formula is C15H20N2O3S. The summed E-state index contributed by atoms with van der Waals surface area (Å²) in [6.07, 6.45) is 3.07. The number of benzene rings is 1. The zero-order valence-corrected chi connectivity index (χ0v) is 12.9. The molecule has 2 amide bonds. The van der Waals surface area contributed by atoms with Crippen molar-refractivity contribution in [2.24, 2.45) is 5.92 Å². The molecule has 1 saturated heterocycles. The summed E-state index contributed by atoms with van der Waals surface area (Å²) in [4.78, 5) is 24.9. The molecule has 1 heterocycles. The average molecular weight is 308 g/mol. The number of likely N-dealkylation sites (tertiary alicyclic amines) is 1. The van der Waals surface area contributed by atoms with Crippen molar-refractivity contribution in [3.63, 3.8) is 0 Å². The lowest BCUT2D eigenvalue weighted by Gasteiger charge is -2.30. The second kappa shape index (κ2) is 7.36. The minimum Gasteiger partial charge on any atom is -0.481 e. The normalized spacial score (nSPS) is 15.8. The number of anilines is 1. The Bertz CT molecular complexity index is 513. The molecule has 0 saturated carbocycles. The van der Waals surface area contributed by atoms with Gasteiger partial charge in [0.1, 0.15) is 0 Å². The van der Waals surface area contributed by atoms with Gasteiger partial charge in [0, 0.05) is 24.5 Å². The van der Waals surface area contributed by atoms with Gasteiger partial charge >= 0.3 is 12.0 Å². The minimum atomic E-state index is -0.764. The predicted octanol–water partition coefficient (Wildman–Crippen LogP) is 2.88. The van der Waals surface area contributed by atoms with E-state index in [1.54, 1.807) is 16.7 Å². The largest absolute Gasteiger partial charge is 0.481 e. The summed E-state index contributed by atoms with van der Waals surface area (Å²) in [6, 6.07) is 7.61. The molecule has 0 atom stereocenters. The number of nitrogens with one attached hydrogen (secondary N) is 1. The molecule has 2 rings (SSSR count). The first-order valence-electron chi connectivity index (χ1n) is 6.97. The fraction of sp³-hybridized carbons (Fsp3) is 0.467. The number of thioether (sulfide) groups is 1. The summed E-state index contributed by atoms with van der Waals surface area (Å²) >= 11 is 1.70. The van der Waals surface area contributed by atoms with E-state index in [2.05, 4.69) is 5.32 Å². The van der Waals surface area contributed by atoms with E-state index >= 15 is 0 Å². The first-order valence-corrected chi connectivity index (χ1v) is 8.36. The number of carboxylic acids is 1. The van der Waals surface area contributed by atoms with Crippen molar-refractivity contribution in [3.05, 3.63) is 29.8 Å². The number of carbonyl (C=O) groups excluding carboxylic acids is 1. The Morgan fingerprint density at radius 2 is 2.00 bits per heavy atom. The number of aliphatic carboxylic acids is 1. The van der Waals surface area contributed by atoms with Crippen LogP contribution in [0.25, 0.3) is 0 Å². The molecule has 2 N–H and O–H groups in total. The van der Waals surface area contributed by atoms with Gasteiger partial charge in [-0.25, -0.2) is 4.79 Å². The van der Waals surface area contributed by atoms with Crippen molar-refractivity contribution >= 4 is 29.4 Å². The van der Waals surface area contributed by atoms with Crippen LogP contribution in [0.15, 0.2) is 24.3 Å². The van der Waals surface area contributed by atoms with E-state index in [4.69, 9.17) is 5.11 Å². The highest BCUT2D eigenvalue weighted by Crippen LogP contribution is 2.22. The van der Waals surface area contributed by atoms with E-state index in [0.29, 0.717) is 25.9 Å². The molecule has 1 aromatic rings. The van der Waals surface area contributed by atoms with E-state index in [0.717, 1.165) is 17.0 Å². The number of piperidine rings is 1. The van der Waals surface area contributed by atoms with Crippen LogP contribution in [0.3, 0.4) is 0 Å². The van der Waals surface area contributed by atoms with Crippen LogP contribution in [-0.4, -0.2) is 41.4 Å². The minimum absolute atomic E-state index is 0.146. The van der Waals surface area contributed by atoms with Crippen LogP contribution in [0.4, 0.5) is 10.5 Å². The standard InChI is InChI=1S/C15H20N2O3S/c1-21-10-12-4-2-3-5-13(12)16-15(20)17-8-6-11(7-9-17)14(18)19/h2-5,11H,6-10H2,1H3,(H,16,20)(H,18,19). The molecule has 0 aliphatic carbocycles. The zero-order chi connectivity index (χ0) is 15.2. The molecule has 1 aliphatic heterocycles. The van der Waals surface area contributed by atoms with Crippen molar-refractivity contribution in [1.29, 1.82) is 0 Å². The molecule has 1 aromatic carbocycles. The first-order chi connectivity index (χ1) is 10.1. The summed E-state index contributed by atoms with van der Waals surface area (Å²) in [5.74, 6) is -0.240. The summed E-state index contributed by atoms with van der Waals surface area (Å²) in [5.41, 5.74) is 1.93. The number of rotatable bonds is 4. The Labute approximate surface area is 128 Å². The molecule has 5 nitrogen and oxygen atoms in total. The quantitative estimate of drug-likeness (QED) is 0.897. The number of carbonyl (C=O) groups is 2. The highest BCUT2D eigenvalue weighted by Gasteiger charge is 2.27. The van der Waals surface area contributed by atoms with E-state index in [1.165, 1.54) is 0 Å². The average Bonchev–Trinajstić information content (AvgIpc) is 2.49. The van der Waals surface area contributed by atoms with Crippen LogP contribution in [-0.2, 0) is 10.5 Å². The Morgan fingerprint density at radius 1 is 1.33 bits per heavy atom. The number of para-hydroxylation sites is 1. The van der Waals surface area contributed by atoms with E-state index in [-0.39, 0.29) is 11.9 Å². The van der Waals surface area contributed by atoms with Crippen molar-refractivity contribution < 1.29 is 14.7 Å². The molecular weight excluding hydrogens is 288 g/mol. The molecule has 0 spiro atoms. The third-order valence-corrected chi connectivity index (χ3v) is 4.29. The number of hydrogen-bond donors (Lipinski definition) is 2. The van der Waals surface area contributed by atoms with Crippen molar-refractivity contribution in [2.75, 3.05) is 24.7 Å². The van der Waals surface area contributed by atoms with Gasteiger partial charge in [0.05, 0.1) is 5.92 Å². The van der Waals surface area contributed by atoms with Crippen LogP contribution in [0.1, 0.15) is 18.4 Å². The first kappa shape index (κ1) is 15.7. The summed E-state index contributed by atoms with van der Waals surface area (Å²) in [6.45, 7) is 0.987. The Balaban J connectivity index is 1.95. The van der Waals surface area contributed by atoms with Gasteiger partial charge < -0.3 is 15.3 Å². The van der Waals surface area contributed by atoms with E-state index in [9.17, 15) is 9.59 Å². The number of hydrogen-bond acceptors (Lipinski definition) is 3. The smallest absolute Gasteiger partial charge is 0.321 e. The van der Waals surface area contributed by atoms with E-state index < -0.39 is 5.97 Å². The molecule has 1 fully saturated rings. The third-order valence-electron chi connectivity index (χ3n) is 3.69. The maximum Gasteiger partial charge on any atom is 0.321 e. The van der Waals surface area contributed by atoms with Gasteiger partial charge in [-0.2, -0.15) is 11.8 Å². The maximum atomic E-state index is 12.3. The number of nitrogens with zero attached hydrogens (tertiary/aromatic N) is 1. The predicted molar refractivity (Wildman–Crippen MR) is 84.6 cm³/mol. The Morgan fingerprint density at radius 3 is 2.62 bits per heavy atom. The molecule has 21 heavy (non-hydrogen) atoms. The SMILES string of the molecule is CSCc1ccccc1NC(=O)N1CCC(C(=O)O)CC1. The highest BCUT2D eigenvalue weighted by molar-refractivity contribution is 7.97. The van der Waals surface area contributed by atoms with Crippen molar-refractivity contribution in [1.82, 2.24) is 4.90 Å². The van der Waals surface area contributed by atoms with Gasteiger partial charge in [0.15, 0.2) is 0 Å². The Kier molecular flexibility index (Phi) is 5.50. The molecule has 0 unspecified atom stereocenters. The van der Waals surface area contributed by atoms with Crippen LogP contribution in [0.5, 0.6) is 0 Å². The van der Waals surface area contributed by atoms with Crippen LogP contribution >= 0.6 is 11.8 Å². The second-order valence-corrected chi connectivity index (χ2v) is 5.99. The number of carboxylic acid groups (broad SMARTS) is 1. The Hall–Kier alpha value is -1.69. The van der Waals surface area contributed by atoms with Gasteiger partial charge in [-0.15, -0.1) is 0 Å². The van der Waals surface area contributed by atoms with Crippen LogP contribution < -0.4 is 5.32 Å². The topological polar surface area (TPSA) is 69.6 Å². The van der Waals surface area contributed by atoms with Gasteiger partial charge in [-0.1, -0.05) is 18.2 Å². The van der Waals surface area contributed by atoms with E-state index in [1.807, 2.05) is 30.5 Å². The van der Waals surface area contributed by atoms with Crippen molar-refractivity contribution in [2.45, 2.75) is 18.6 Å². The van der Waals surface area contributed by atoms with Crippen LogP contribution in [0.2, 0.25) is 0 Å². The monoisotopic (exact) mass is 308 g/mol. The van der Waals surface area contributed by atoms with Crippen LogP contribution in [0, 0.1) is 5.92 Å². The zero-order valence-electron chi connectivity index (χ0n) is 12.0. The molecule has 0 aromatic heterocycles. The lowest BCUT2D eigenvalue weighted by molar-refractivity contribution is -0.143. The fourth-order valence-electron chi connectivity index (χ4n) is 2.45. The number of urea groups is 1. The molecule has 114 valence electrons. The van der Waals surface area contributed by atoms with Gasteiger partial charge in [0.25, 0.3) is 0 Å². The maximum absolute atomic E-state index is 12.3. The lowest BCUT2D eigenvalue weighted by Crippen LogP contribution is -2.42. The lowest BCUT2D eigenvalue weighted by atomic mass is 9.97. The second-order valence-electron chi connectivity index (χ2n) is 5.12. The van der Waals surface area contributed by atoms with Gasteiger partial charge in [-0.3, -0.25) is 4.79 Å². The summed E-state index contributed by atoms with van der Waals surface area (Å²) in [5, 5.41) is 11.9. The van der Waals surface area contributed by atoms with Crippen molar-refractivity contribution in [3.8, 4) is 0 Å². The van der Waals surface area contributed by atoms with Gasteiger partial charge in [0.2, 0.25) is 0 Å². The molecule has 0 radical (unpaired) electrons. The molecule has 6 heteroatoms. The molecule has 0 bridgehead atoms. The third kappa shape index (κ3) is 4.14. The summed E-state index contributed by atoms with van der Waals surface area (Å²) < 4.78 is 0. The fourth-order valence-corrected chi connectivity index (χ4v) is 3.01.